The average molecular weight is 343 g/mol. The first-order valence-corrected chi connectivity index (χ1v) is 7.22. The van der Waals surface area contributed by atoms with Gasteiger partial charge in [-0.1, -0.05) is 19.2 Å². The number of carboxylic acid groups (broad SMARTS) is 2. The lowest BCUT2D eigenvalue weighted by atomic mass is 10.2. The highest BCUT2D eigenvalue weighted by Gasteiger charge is 1.97. The van der Waals surface area contributed by atoms with Crippen molar-refractivity contribution in [2.75, 3.05) is 27.2 Å². The number of aliphatic carboxylic acids is 2. The molecule has 0 saturated carbocycles. The number of carbonyl (C=O) groups excluding carboxylic acids is 1. The average Bonchev–Trinajstić information content (AvgIpc) is 2.47. The van der Waals surface area contributed by atoms with E-state index in [4.69, 9.17) is 10.2 Å². The van der Waals surface area contributed by atoms with Crippen molar-refractivity contribution in [2.24, 2.45) is 0 Å². The summed E-state index contributed by atoms with van der Waals surface area (Å²) in [5, 5.41) is 16.4. The minimum Gasteiger partial charge on any atom is -0.478 e. The lowest BCUT2D eigenvalue weighted by Crippen LogP contribution is -2.12. The Morgan fingerprint density at radius 1 is 1.12 bits per heavy atom. The third-order valence-corrected chi connectivity index (χ3v) is 2.18. The molecule has 24 heavy (non-hydrogen) atoms. The molecule has 0 aromatic carbocycles. The number of nitrogens with zero attached hydrogens (tertiary/aromatic N) is 1. The van der Waals surface area contributed by atoms with Crippen LogP contribution in [0.25, 0.3) is 0 Å². The molecule has 0 aromatic rings. The molecule has 7 nitrogen and oxygen atoms in total. The van der Waals surface area contributed by atoms with Crippen molar-refractivity contribution < 1.29 is 29.3 Å². The molecule has 0 atom stereocenters. The second-order valence-electron chi connectivity index (χ2n) is 4.83. The third-order valence-electron chi connectivity index (χ3n) is 2.18. The molecular weight excluding hydrogens is 314 g/mol. The van der Waals surface area contributed by atoms with Gasteiger partial charge >= 0.3 is 17.9 Å². The van der Waals surface area contributed by atoms with E-state index in [1.54, 1.807) is 19.9 Å². The summed E-state index contributed by atoms with van der Waals surface area (Å²) in [6.45, 7) is 12.5. The lowest BCUT2D eigenvalue weighted by molar-refractivity contribution is -0.137. The van der Waals surface area contributed by atoms with E-state index in [0.717, 1.165) is 19.0 Å². The van der Waals surface area contributed by atoms with Crippen LogP contribution in [-0.4, -0.2) is 60.3 Å². The summed E-state index contributed by atoms with van der Waals surface area (Å²) in [5.74, 6) is -2.12. The van der Waals surface area contributed by atoms with Crippen LogP contribution >= 0.6 is 0 Å². The molecule has 0 aliphatic rings. The number of hydrogen-bond donors (Lipinski definition) is 2. The zero-order valence-electron chi connectivity index (χ0n) is 15.2. The molecule has 0 aromatic heterocycles. The molecule has 0 rings (SSSR count). The predicted molar refractivity (Wildman–Crippen MR) is 93.8 cm³/mol. The number of carboxylic acids is 2. The number of esters is 1. The second-order valence-corrected chi connectivity index (χ2v) is 4.83. The highest BCUT2D eigenvalue weighted by Crippen LogP contribution is 1.95. The molecule has 2 N–H and O–H groups in total. The first-order chi connectivity index (χ1) is 11.0. The summed E-state index contributed by atoms with van der Waals surface area (Å²) in [5.41, 5.74) is 0.599. The Bertz CT molecular complexity index is 440. The molecule has 7 heteroatoms. The fraction of sp³-hybridized carbons (Fsp3) is 0.471. The third kappa shape index (κ3) is 24.6. The molecule has 0 aliphatic carbocycles. The molecule has 0 heterocycles. The molecule has 0 saturated heterocycles. The Balaban J connectivity index is -0.000000294. The summed E-state index contributed by atoms with van der Waals surface area (Å²) in [4.78, 5) is 32.0. The molecule has 0 aliphatic heterocycles. The van der Waals surface area contributed by atoms with Crippen molar-refractivity contribution in [1.82, 2.24) is 4.90 Å². The highest BCUT2D eigenvalue weighted by molar-refractivity contribution is 5.85. The lowest BCUT2D eigenvalue weighted by Gasteiger charge is -2.05. The van der Waals surface area contributed by atoms with Crippen molar-refractivity contribution in [2.45, 2.75) is 27.2 Å². The molecule has 0 spiro atoms. The summed E-state index contributed by atoms with van der Waals surface area (Å²) in [7, 11) is 3.92. The standard InChI is InChI=1S/C8H15NO2.C5H8O2.C4H6O2/c1-7(8(10)11)5-4-6-9(2)3;1-3-5(6)7-4-2;1-3(2)4(5)6/h5H,4,6H2,1-3H3,(H,10,11);3H,1,4H2,2H3;1H2,2H3,(H,5,6). The Morgan fingerprint density at radius 2 is 1.58 bits per heavy atom. The maximum Gasteiger partial charge on any atom is 0.330 e. The van der Waals surface area contributed by atoms with Crippen LogP contribution in [0.1, 0.15) is 27.2 Å². The van der Waals surface area contributed by atoms with Gasteiger partial charge in [0.25, 0.3) is 0 Å². The van der Waals surface area contributed by atoms with E-state index in [1.165, 1.54) is 6.92 Å². The number of hydrogen-bond acceptors (Lipinski definition) is 5. The monoisotopic (exact) mass is 343 g/mol. The van der Waals surface area contributed by atoms with Crippen LogP contribution in [0.4, 0.5) is 0 Å². The Kier molecular flexibility index (Phi) is 18.7. The van der Waals surface area contributed by atoms with Gasteiger partial charge in [-0.15, -0.1) is 0 Å². The van der Waals surface area contributed by atoms with Gasteiger partial charge in [0.1, 0.15) is 0 Å². The van der Waals surface area contributed by atoms with E-state index in [2.05, 4.69) is 17.9 Å². The Hall–Kier alpha value is -2.41. The molecule has 0 fully saturated rings. The van der Waals surface area contributed by atoms with Gasteiger partial charge in [-0.25, -0.2) is 14.4 Å². The van der Waals surface area contributed by atoms with Crippen molar-refractivity contribution in [3.8, 4) is 0 Å². The molecule has 0 unspecified atom stereocenters. The fourth-order valence-electron chi connectivity index (χ4n) is 0.828. The van der Waals surface area contributed by atoms with Crippen LogP contribution in [0.5, 0.6) is 0 Å². The van der Waals surface area contributed by atoms with Crippen LogP contribution in [0.3, 0.4) is 0 Å². The van der Waals surface area contributed by atoms with Crippen LogP contribution in [0, 0.1) is 0 Å². The van der Waals surface area contributed by atoms with Crippen LogP contribution in [0.15, 0.2) is 36.5 Å². The summed E-state index contributed by atoms with van der Waals surface area (Å²) >= 11 is 0. The second kappa shape index (κ2) is 17.0. The zero-order chi connectivity index (χ0) is 19.7. The first-order valence-electron chi connectivity index (χ1n) is 7.22. The SMILES string of the molecule is C=C(C)C(=O)O.C=CC(=O)OCC.CC(=CCCN(C)C)C(=O)O. The van der Waals surface area contributed by atoms with Gasteiger partial charge in [0.2, 0.25) is 0 Å². The topological polar surface area (TPSA) is 104 Å². The minimum atomic E-state index is -0.935. The van der Waals surface area contributed by atoms with Crippen molar-refractivity contribution in [1.29, 1.82) is 0 Å². The zero-order valence-corrected chi connectivity index (χ0v) is 15.2. The van der Waals surface area contributed by atoms with E-state index < -0.39 is 11.9 Å². The summed E-state index contributed by atoms with van der Waals surface area (Å²) in [6.07, 6.45) is 3.68. The normalized spacial score (nSPS) is 9.67. The van der Waals surface area contributed by atoms with Gasteiger partial charge in [-0.05, 0) is 41.3 Å². The van der Waals surface area contributed by atoms with E-state index in [0.29, 0.717) is 12.2 Å². The molecule has 0 bridgehead atoms. The maximum atomic E-state index is 10.3. The van der Waals surface area contributed by atoms with Crippen molar-refractivity contribution in [3.63, 3.8) is 0 Å². The minimum absolute atomic E-state index is 0.176. The van der Waals surface area contributed by atoms with E-state index >= 15 is 0 Å². The molecule has 138 valence electrons. The maximum absolute atomic E-state index is 10.3. The van der Waals surface area contributed by atoms with Crippen LogP contribution < -0.4 is 0 Å². The number of ether oxygens (including phenoxy) is 1. The van der Waals surface area contributed by atoms with Crippen molar-refractivity contribution >= 4 is 17.9 Å². The first kappa shape index (κ1) is 26.5. The van der Waals surface area contributed by atoms with Gasteiger partial charge in [0.05, 0.1) is 6.61 Å². The van der Waals surface area contributed by atoms with Crippen molar-refractivity contribution in [3.05, 3.63) is 36.5 Å². The predicted octanol–water partition coefficient (Wildman–Crippen LogP) is 2.35. The van der Waals surface area contributed by atoms with Gasteiger partial charge in [-0.2, -0.15) is 0 Å². The smallest absolute Gasteiger partial charge is 0.330 e. The summed E-state index contributed by atoms with van der Waals surface area (Å²) in [6, 6.07) is 0. The quantitative estimate of drug-likeness (QED) is 0.540. The van der Waals surface area contributed by atoms with Gasteiger partial charge < -0.3 is 19.8 Å². The number of carbonyl (C=O) groups is 3. The van der Waals surface area contributed by atoms with Gasteiger partial charge in [-0.3, -0.25) is 0 Å². The Morgan fingerprint density at radius 3 is 1.79 bits per heavy atom. The number of rotatable bonds is 7. The molecular formula is C17H29NO6. The summed E-state index contributed by atoms with van der Waals surface area (Å²) < 4.78 is 4.43. The Labute approximate surface area is 143 Å². The van der Waals surface area contributed by atoms with E-state index in [1.807, 2.05) is 19.0 Å². The molecule has 0 amide bonds. The van der Waals surface area contributed by atoms with Gasteiger partial charge in [0, 0.05) is 23.8 Å². The largest absolute Gasteiger partial charge is 0.478 e. The van der Waals surface area contributed by atoms with E-state index in [9.17, 15) is 14.4 Å². The van der Waals surface area contributed by atoms with E-state index in [-0.39, 0.29) is 11.5 Å². The molecule has 0 radical (unpaired) electrons. The van der Waals surface area contributed by atoms with Crippen LogP contribution in [0.2, 0.25) is 0 Å². The fourth-order valence-corrected chi connectivity index (χ4v) is 0.828. The van der Waals surface area contributed by atoms with Crippen LogP contribution in [-0.2, 0) is 19.1 Å². The highest BCUT2D eigenvalue weighted by atomic mass is 16.5. The van der Waals surface area contributed by atoms with Gasteiger partial charge in [0.15, 0.2) is 0 Å².